The van der Waals surface area contributed by atoms with E-state index in [1.54, 1.807) is 43.5 Å². The number of carbonyl (C=O) groups excluding carboxylic acids is 1. The highest BCUT2D eigenvalue weighted by Gasteiger charge is 2.10. The third-order valence-corrected chi connectivity index (χ3v) is 3.93. The van der Waals surface area contributed by atoms with E-state index in [0.29, 0.717) is 39.5 Å². The van der Waals surface area contributed by atoms with Gasteiger partial charge in [-0.25, -0.2) is 4.79 Å². The number of nitrogens with one attached hydrogen (secondary N) is 2. The molecule has 2 amide bonds. The van der Waals surface area contributed by atoms with E-state index in [1.165, 1.54) is 7.11 Å². The van der Waals surface area contributed by atoms with Gasteiger partial charge in [-0.15, -0.1) is 0 Å². The summed E-state index contributed by atoms with van der Waals surface area (Å²) in [7, 11) is 3.09. The van der Waals surface area contributed by atoms with Gasteiger partial charge in [-0.1, -0.05) is 29.3 Å². The number of carbonyl (C=O) groups is 1. The number of rotatable bonds is 7. The topological polar surface area (TPSA) is 68.8 Å². The maximum absolute atomic E-state index is 11.8. The van der Waals surface area contributed by atoms with Gasteiger partial charge in [0.05, 0.1) is 30.8 Å². The van der Waals surface area contributed by atoms with E-state index in [-0.39, 0.29) is 12.6 Å². The van der Waals surface area contributed by atoms with Crippen molar-refractivity contribution in [2.24, 2.45) is 0 Å². The van der Waals surface area contributed by atoms with Crippen molar-refractivity contribution in [3.05, 3.63) is 46.4 Å². The van der Waals surface area contributed by atoms with Crippen LogP contribution in [0.15, 0.2) is 36.4 Å². The quantitative estimate of drug-likeness (QED) is 0.701. The van der Waals surface area contributed by atoms with E-state index >= 15 is 0 Å². The summed E-state index contributed by atoms with van der Waals surface area (Å²) in [6.45, 7) is 0.561. The average Bonchev–Trinajstić information content (AvgIpc) is 2.61. The van der Waals surface area contributed by atoms with Gasteiger partial charge in [-0.3, -0.25) is 0 Å². The molecule has 0 aromatic heterocycles. The molecule has 8 heteroatoms. The minimum Gasteiger partial charge on any atom is -0.493 e. The van der Waals surface area contributed by atoms with Crippen molar-refractivity contribution in [2.75, 3.05) is 32.7 Å². The summed E-state index contributed by atoms with van der Waals surface area (Å²) in [5, 5.41) is 6.13. The largest absolute Gasteiger partial charge is 0.493 e. The first-order valence-electron chi connectivity index (χ1n) is 7.39. The third kappa shape index (κ3) is 5.34. The Kier molecular flexibility index (Phi) is 7.03. The Morgan fingerprint density at radius 1 is 1.04 bits per heavy atom. The molecule has 2 rings (SSSR count). The van der Waals surface area contributed by atoms with Crippen LogP contribution >= 0.6 is 23.2 Å². The first-order valence-corrected chi connectivity index (χ1v) is 8.14. The van der Waals surface area contributed by atoms with Crippen molar-refractivity contribution < 1.29 is 19.0 Å². The summed E-state index contributed by atoms with van der Waals surface area (Å²) in [6, 6.07) is 9.79. The van der Waals surface area contributed by atoms with Gasteiger partial charge in [0.2, 0.25) is 5.75 Å². The first-order chi connectivity index (χ1) is 12.0. The maximum Gasteiger partial charge on any atom is 0.319 e. The molecular weight excluding hydrogens is 367 g/mol. The molecule has 0 spiro atoms. The van der Waals surface area contributed by atoms with Gasteiger partial charge in [0.25, 0.3) is 0 Å². The van der Waals surface area contributed by atoms with Crippen LogP contribution in [0.4, 0.5) is 10.5 Å². The van der Waals surface area contributed by atoms with E-state index < -0.39 is 0 Å². The van der Waals surface area contributed by atoms with Crippen molar-refractivity contribution >= 4 is 34.9 Å². The minimum absolute atomic E-state index is 0.262. The second kappa shape index (κ2) is 9.25. The number of anilines is 1. The van der Waals surface area contributed by atoms with Crippen LogP contribution in [-0.4, -0.2) is 33.4 Å². The summed E-state index contributed by atoms with van der Waals surface area (Å²) in [6.07, 6.45) is 0. The van der Waals surface area contributed by atoms with Crippen LogP contribution in [0.2, 0.25) is 10.0 Å². The fourth-order valence-electron chi connectivity index (χ4n) is 2.05. The van der Waals surface area contributed by atoms with Gasteiger partial charge < -0.3 is 24.8 Å². The van der Waals surface area contributed by atoms with Crippen LogP contribution in [-0.2, 0) is 0 Å². The summed E-state index contributed by atoms with van der Waals surface area (Å²) in [5.41, 5.74) is 0.544. The molecule has 2 N–H and O–H groups in total. The lowest BCUT2D eigenvalue weighted by molar-refractivity contribution is 0.245. The van der Waals surface area contributed by atoms with E-state index in [4.69, 9.17) is 37.4 Å². The van der Waals surface area contributed by atoms with Crippen molar-refractivity contribution in [3.63, 3.8) is 0 Å². The second-order valence-corrected chi connectivity index (χ2v) is 5.66. The lowest BCUT2D eigenvalue weighted by Gasteiger charge is -2.14. The second-order valence-electron chi connectivity index (χ2n) is 4.85. The van der Waals surface area contributed by atoms with Gasteiger partial charge in [0.15, 0.2) is 11.5 Å². The number of hydrogen-bond donors (Lipinski definition) is 2. The smallest absolute Gasteiger partial charge is 0.319 e. The zero-order valence-electron chi connectivity index (χ0n) is 13.8. The molecule has 0 aliphatic carbocycles. The van der Waals surface area contributed by atoms with Gasteiger partial charge >= 0.3 is 6.03 Å². The number of methoxy groups -OCH3 is 2. The summed E-state index contributed by atoms with van der Waals surface area (Å²) < 4.78 is 16.1. The van der Waals surface area contributed by atoms with E-state index in [9.17, 15) is 4.79 Å². The molecule has 2 aromatic rings. The number of hydrogen-bond acceptors (Lipinski definition) is 4. The zero-order chi connectivity index (χ0) is 18.2. The number of para-hydroxylation sites is 1. The van der Waals surface area contributed by atoms with Crippen molar-refractivity contribution in [3.8, 4) is 17.2 Å². The minimum atomic E-state index is -0.375. The van der Waals surface area contributed by atoms with E-state index in [1.807, 2.05) is 0 Å². The van der Waals surface area contributed by atoms with Gasteiger partial charge in [0.1, 0.15) is 6.61 Å². The fourth-order valence-corrected chi connectivity index (χ4v) is 2.34. The molecule has 0 aliphatic heterocycles. The molecule has 0 fully saturated rings. The van der Waals surface area contributed by atoms with Gasteiger partial charge in [-0.2, -0.15) is 0 Å². The normalized spacial score (nSPS) is 10.1. The lowest BCUT2D eigenvalue weighted by Crippen LogP contribution is -2.32. The molecule has 6 nitrogen and oxygen atoms in total. The van der Waals surface area contributed by atoms with E-state index in [0.717, 1.165) is 0 Å². The molecule has 134 valence electrons. The number of benzene rings is 2. The van der Waals surface area contributed by atoms with Crippen LogP contribution < -0.4 is 24.8 Å². The summed E-state index contributed by atoms with van der Waals surface area (Å²) >= 11 is 11.7. The Hall–Kier alpha value is -2.31. The molecule has 0 saturated heterocycles. The Morgan fingerprint density at radius 2 is 1.80 bits per heavy atom. The Morgan fingerprint density at radius 3 is 2.48 bits per heavy atom. The number of halogens is 2. The molecule has 0 bridgehead atoms. The Bertz CT molecular complexity index is 741. The molecule has 0 unspecified atom stereocenters. The maximum atomic E-state index is 11.8. The van der Waals surface area contributed by atoms with Crippen LogP contribution in [0, 0.1) is 0 Å². The van der Waals surface area contributed by atoms with Crippen LogP contribution in [0.5, 0.6) is 17.2 Å². The molecule has 0 saturated carbocycles. The SMILES string of the molecule is COc1cccc(OCCNC(=O)Nc2ccc(Cl)c(Cl)c2)c1OC. The van der Waals surface area contributed by atoms with Crippen molar-refractivity contribution in [1.29, 1.82) is 0 Å². The fraction of sp³-hybridized carbons (Fsp3) is 0.235. The summed E-state index contributed by atoms with van der Waals surface area (Å²) in [4.78, 5) is 11.8. The molecule has 25 heavy (non-hydrogen) atoms. The van der Waals surface area contributed by atoms with Crippen molar-refractivity contribution in [1.82, 2.24) is 5.32 Å². The van der Waals surface area contributed by atoms with Gasteiger partial charge in [-0.05, 0) is 30.3 Å². The highest BCUT2D eigenvalue weighted by molar-refractivity contribution is 6.42. The van der Waals surface area contributed by atoms with E-state index in [2.05, 4.69) is 10.6 Å². The Balaban J connectivity index is 1.81. The molecule has 2 aromatic carbocycles. The predicted molar refractivity (Wildman–Crippen MR) is 98.5 cm³/mol. The number of amides is 2. The standard InChI is InChI=1S/C17H18Cl2N2O4/c1-23-14-4-3-5-15(16(14)24-2)25-9-8-20-17(22)21-11-6-7-12(18)13(19)10-11/h3-7,10H,8-9H2,1-2H3,(H2,20,21,22). The van der Waals surface area contributed by atoms with Crippen LogP contribution in [0.1, 0.15) is 0 Å². The molecule has 0 heterocycles. The highest BCUT2D eigenvalue weighted by Crippen LogP contribution is 2.36. The number of ether oxygens (including phenoxy) is 3. The predicted octanol–water partition coefficient (Wildman–Crippen LogP) is 4.21. The molecule has 0 radical (unpaired) electrons. The average molecular weight is 385 g/mol. The van der Waals surface area contributed by atoms with Crippen LogP contribution in [0.25, 0.3) is 0 Å². The summed E-state index contributed by atoms with van der Waals surface area (Å²) in [5.74, 6) is 1.61. The number of urea groups is 1. The van der Waals surface area contributed by atoms with Crippen LogP contribution in [0.3, 0.4) is 0 Å². The first kappa shape index (κ1) is 19.0. The highest BCUT2D eigenvalue weighted by atomic mass is 35.5. The van der Waals surface area contributed by atoms with Gasteiger partial charge in [0, 0.05) is 5.69 Å². The monoisotopic (exact) mass is 384 g/mol. The molecule has 0 atom stereocenters. The Labute approximate surface area is 156 Å². The zero-order valence-corrected chi connectivity index (χ0v) is 15.3. The third-order valence-electron chi connectivity index (χ3n) is 3.19. The van der Waals surface area contributed by atoms with Crippen molar-refractivity contribution in [2.45, 2.75) is 0 Å². The lowest BCUT2D eigenvalue weighted by atomic mass is 10.3. The molecule has 0 aliphatic rings. The molecular formula is C17H18Cl2N2O4.